The van der Waals surface area contributed by atoms with Gasteiger partial charge in [-0.05, 0) is 30.5 Å². The fourth-order valence-corrected chi connectivity index (χ4v) is 2.68. The molecule has 0 amide bonds. The maximum Gasteiger partial charge on any atom is 0.101 e. The standard InChI is InChI=1S/C17H25N3O/c1-13(2)19-12-14-4-5-17(15(10-14)11-18)20(3)16-6-8-21-9-7-16/h4-5,10,13,16,19H,6-9,12H2,1-3H3. The maximum absolute atomic E-state index is 9.45. The van der Waals surface area contributed by atoms with E-state index < -0.39 is 0 Å². The number of anilines is 1. The van der Waals surface area contributed by atoms with Crippen LogP contribution in [0.25, 0.3) is 0 Å². The van der Waals surface area contributed by atoms with Gasteiger partial charge in [0.15, 0.2) is 0 Å². The van der Waals surface area contributed by atoms with Crippen molar-refractivity contribution in [2.75, 3.05) is 25.2 Å². The Kier molecular flexibility index (Phi) is 5.60. The summed E-state index contributed by atoms with van der Waals surface area (Å²) in [5.74, 6) is 0. The smallest absolute Gasteiger partial charge is 0.101 e. The fourth-order valence-electron chi connectivity index (χ4n) is 2.68. The zero-order valence-corrected chi connectivity index (χ0v) is 13.2. The molecule has 1 fully saturated rings. The molecule has 0 aliphatic carbocycles. The third-order valence-corrected chi connectivity index (χ3v) is 4.01. The summed E-state index contributed by atoms with van der Waals surface area (Å²) in [5, 5.41) is 12.8. The van der Waals surface area contributed by atoms with Crippen molar-refractivity contribution in [2.24, 2.45) is 0 Å². The normalized spacial score (nSPS) is 16.0. The number of hydrogen-bond acceptors (Lipinski definition) is 4. The van der Waals surface area contributed by atoms with E-state index in [1.165, 1.54) is 0 Å². The number of benzene rings is 1. The molecule has 0 bridgehead atoms. The largest absolute Gasteiger partial charge is 0.381 e. The molecule has 0 saturated carbocycles. The third kappa shape index (κ3) is 4.20. The molecular formula is C17H25N3O. The summed E-state index contributed by atoms with van der Waals surface area (Å²) in [6.07, 6.45) is 2.05. The molecule has 1 heterocycles. The van der Waals surface area contributed by atoms with E-state index in [4.69, 9.17) is 4.74 Å². The Morgan fingerprint density at radius 3 is 2.71 bits per heavy atom. The Bertz CT molecular complexity index is 501. The highest BCUT2D eigenvalue weighted by Crippen LogP contribution is 2.25. The number of rotatable bonds is 5. The Morgan fingerprint density at radius 1 is 1.38 bits per heavy atom. The van der Waals surface area contributed by atoms with E-state index in [2.05, 4.69) is 49.3 Å². The number of nitrogens with one attached hydrogen (secondary N) is 1. The summed E-state index contributed by atoms with van der Waals surface area (Å²) in [7, 11) is 2.08. The molecule has 0 atom stereocenters. The predicted octanol–water partition coefficient (Wildman–Crippen LogP) is 2.67. The first-order valence-corrected chi connectivity index (χ1v) is 7.68. The van der Waals surface area contributed by atoms with Gasteiger partial charge in [-0.3, -0.25) is 0 Å². The van der Waals surface area contributed by atoms with E-state index in [0.717, 1.165) is 49.4 Å². The van der Waals surface area contributed by atoms with Gasteiger partial charge in [-0.2, -0.15) is 5.26 Å². The van der Waals surface area contributed by atoms with E-state index in [9.17, 15) is 5.26 Å². The zero-order chi connectivity index (χ0) is 15.2. The zero-order valence-electron chi connectivity index (χ0n) is 13.2. The molecule has 114 valence electrons. The minimum absolute atomic E-state index is 0.445. The van der Waals surface area contributed by atoms with Crippen LogP contribution in [0.5, 0.6) is 0 Å². The molecule has 1 aliphatic rings. The SMILES string of the molecule is CC(C)NCc1ccc(N(C)C2CCOCC2)c(C#N)c1. The molecule has 0 unspecified atom stereocenters. The average Bonchev–Trinajstić information content (AvgIpc) is 2.52. The van der Waals surface area contributed by atoms with Gasteiger partial charge in [-0.25, -0.2) is 0 Å². The van der Waals surface area contributed by atoms with Crippen LogP contribution in [-0.4, -0.2) is 32.3 Å². The lowest BCUT2D eigenvalue weighted by atomic mass is 10.0. The van der Waals surface area contributed by atoms with Crippen molar-refractivity contribution in [1.82, 2.24) is 5.32 Å². The quantitative estimate of drug-likeness (QED) is 0.904. The lowest BCUT2D eigenvalue weighted by Gasteiger charge is -2.33. The van der Waals surface area contributed by atoms with Gasteiger partial charge in [0.2, 0.25) is 0 Å². The lowest BCUT2D eigenvalue weighted by molar-refractivity contribution is 0.0855. The van der Waals surface area contributed by atoms with E-state index in [1.54, 1.807) is 0 Å². The van der Waals surface area contributed by atoms with Gasteiger partial charge in [0.25, 0.3) is 0 Å². The van der Waals surface area contributed by atoms with Gasteiger partial charge in [-0.15, -0.1) is 0 Å². The van der Waals surface area contributed by atoms with Crippen LogP contribution in [0.1, 0.15) is 37.8 Å². The summed E-state index contributed by atoms with van der Waals surface area (Å²) >= 11 is 0. The van der Waals surface area contributed by atoms with E-state index >= 15 is 0 Å². The van der Waals surface area contributed by atoms with Crippen LogP contribution < -0.4 is 10.2 Å². The summed E-state index contributed by atoms with van der Waals surface area (Å²) in [4.78, 5) is 2.24. The molecule has 4 nitrogen and oxygen atoms in total. The Balaban J connectivity index is 2.13. The number of nitriles is 1. The topological polar surface area (TPSA) is 48.3 Å². The molecule has 1 N–H and O–H groups in total. The van der Waals surface area contributed by atoms with Gasteiger partial charge < -0.3 is 15.0 Å². The van der Waals surface area contributed by atoms with Crippen molar-refractivity contribution in [3.8, 4) is 6.07 Å². The van der Waals surface area contributed by atoms with E-state index in [1.807, 2.05) is 6.07 Å². The molecule has 0 radical (unpaired) electrons. The monoisotopic (exact) mass is 287 g/mol. The van der Waals surface area contributed by atoms with Crippen molar-refractivity contribution in [3.05, 3.63) is 29.3 Å². The molecule has 1 saturated heterocycles. The van der Waals surface area contributed by atoms with Gasteiger partial charge in [0, 0.05) is 38.9 Å². The van der Waals surface area contributed by atoms with Gasteiger partial charge in [0.05, 0.1) is 11.3 Å². The molecule has 1 aromatic rings. The molecular weight excluding hydrogens is 262 g/mol. The molecule has 0 spiro atoms. The molecule has 1 aliphatic heterocycles. The number of ether oxygens (including phenoxy) is 1. The third-order valence-electron chi connectivity index (χ3n) is 4.01. The van der Waals surface area contributed by atoms with Crippen molar-refractivity contribution in [3.63, 3.8) is 0 Å². The minimum atomic E-state index is 0.445. The van der Waals surface area contributed by atoms with Crippen LogP contribution in [0.4, 0.5) is 5.69 Å². The van der Waals surface area contributed by atoms with Crippen LogP contribution in [0.3, 0.4) is 0 Å². The highest BCUT2D eigenvalue weighted by Gasteiger charge is 2.20. The summed E-state index contributed by atoms with van der Waals surface area (Å²) < 4.78 is 5.42. The minimum Gasteiger partial charge on any atom is -0.381 e. The molecule has 4 heteroatoms. The average molecular weight is 287 g/mol. The van der Waals surface area contributed by atoms with Crippen molar-refractivity contribution >= 4 is 5.69 Å². The first-order chi connectivity index (χ1) is 10.1. The summed E-state index contributed by atoms with van der Waals surface area (Å²) in [5.41, 5.74) is 2.94. The molecule has 1 aromatic carbocycles. The second-order valence-electron chi connectivity index (χ2n) is 5.95. The summed E-state index contributed by atoms with van der Waals surface area (Å²) in [6, 6.07) is 9.44. The second kappa shape index (κ2) is 7.44. The first kappa shape index (κ1) is 15.8. The van der Waals surface area contributed by atoms with Crippen LogP contribution >= 0.6 is 0 Å². The number of nitrogens with zero attached hydrogens (tertiary/aromatic N) is 2. The van der Waals surface area contributed by atoms with Crippen LogP contribution in [0.15, 0.2) is 18.2 Å². The van der Waals surface area contributed by atoms with E-state index in [0.29, 0.717) is 12.1 Å². The van der Waals surface area contributed by atoms with Crippen LogP contribution in [-0.2, 0) is 11.3 Å². The summed E-state index contributed by atoms with van der Waals surface area (Å²) in [6.45, 7) is 6.67. The van der Waals surface area contributed by atoms with Crippen molar-refractivity contribution in [1.29, 1.82) is 5.26 Å². The van der Waals surface area contributed by atoms with Gasteiger partial charge >= 0.3 is 0 Å². The van der Waals surface area contributed by atoms with Crippen LogP contribution in [0.2, 0.25) is 0 Å². The van der Waals surface area contributed by atoms with Gasteiger partial charge in [0.1, 0.15) is 6.07 Å². The molecule has 0 aromatic heterocycles. The maximum atomic E-state index is 9.45. The van der Waals surface area contributed by atoms with Crippen molar-refractivity contribution < 1.29 is 4.74 Å². The highest BCUT2D eigenvalue weighted by atomic mass is 16.5. The fraction of sp³-hybridized carbons (Fsp3) is 0.588. The first-order valence-electron chi connectivity index (χ1n) is 7.68. The Hall–Kier alpha value is -1.57. The highest BCUT2D eigenvalue weighted by molar-refractivity contribution is 5.60. The van der Waals surface area contributed by atoms with Crippen LogP contribution in [0, 0.1) is 11.3 Å². The predicted molar refractivity (Wildman–Crippen MR) is 85.4 cm³/mol. The van der Waals surface area contributed by atoms with E-state index in [-0.39, 0.29) is 0 Å². The lowest BCUT2D eigenvalue weighted by Crippen LogP contribution is -2.37. The second-order valence-corrected chi connectivity index (χ2v) is 5.95. The number of hydrogen-bond donors (Lipinski definition) is 1. The Morgan fingerprint density at radius 2 is 2.10 bits per heavy atom. The van der Waals surface area contributed by atoms with Gasteiger partial charge in [-0.1, -0.05) is 19.9 Å². The molecule has 21 heavy (non-hydrogen) atoms. The molecule has 2 rings (SSSR count). The Labute approximate surface area is 127 Å². The van der Waals surface area contributed by atoms with Crippen molar-refractivity contribution in [2.45, 2.75) is 45.3 Å².